The van der Waals surface area contributed by atoms with Gasteiger partial charge in [-0.05, 0) is 19.1 Å². The van der Waals surface area contributed by atoms with E-state index in [0.717, 1.165) is 6.26 Å². The molecule has 0 saturated heterocycles. The van der Waals surface area contributed by atoms with Gasteiger partial charge in [-0.1, -0.05) is 12.1 Å². The van der Waals surface area contributed by atoms with E-state index in [1.165, 1.54) is 4.31 Å². The summed E-state index contributed by atoms with van der Waals surface area (Å²) in [5.41, 5.74) is 0.495. The summed E-state index contributed by atoms with van der Waals surface area (Å²) in [5, 5.41) is 0. The number of hydrogen-bond donors (Lipinski definition) is 0. The van der Waals surface area contributed by atoms with Crippen molar-refractivity contribution in [3.05, 3.63) is 24.3 Å². The lowest BCUT2D eigenvalue weighted by molar-refractivity contribution is -0.144. The molecule has 1 heterocycles. The fourth-order valence-electron chi connectivity index (χ4n) is 2.09. The number of sulfonamides is 1. The quantitative estimate of drug-likeness (QED) is 0.780. The Balaban J connectivity index is 2.25. The zero-order valence-corrected chi connectivity index (χ0v) is 12.2. The van der Waals surface area contributed by atoms with Crippen molar-refractivity contribution < 1.29 is 22.7 Å². The standard InChI is InChI=1S/C13H17NO5S/c1-3-18-13(15)8-10-9-14(20(2,16)17)11-6-4-5-7-12(11)19-10/h4-7,10H,3,8-9H2,1-2H3/t10-/m1/s1. The Hall–Kier alpha value is -1.76. The molecule has 0 amide bonds. The number of ether oxygens (including phenoxy) is 2. The summed E-state index contributed by atoms with van der Waals surface area (Å²) in [7, 11) is -3.42. The van der Waals surface area contributed by atoms with Crippen LogP contribution in [0.4, 0.5) is 5.69 Å². The molecular formula is C13H17NO5S. The van der Waals surface area contributed by atoms with Gasteiger partial charge in [-0.25, -0.2) is 8.42 Å². The van der Waals surface area contributed by atoms with Crippen LogP contribution in [0.2, 0.25) is 0 Å². The fourth-order valence-corrected chi connectivity index (χ4v) is 3.03. The molecule has 0 fully saturated rings. The largest absolute Gasteiger partial charge is 0.486 e. The number of nitrogens with zero attached hydrogens (tertiary/aromatic N) is 1. The molecule has 0 bridgehead atoms. The van der Waals surface area contributed by atoms with Crippen LogP contribution in [-0.2, 0) is 19.6 Å². The first kappa shape index (κ1) is 14.6. The van der Waals surface area contributed by atoms with Gasteiger partial charge in [-0.15, -0.1) is 0 Å². The smallest absolute Gasteiger partial charge is 0.309 e. The average molecular weight is 299 g/mol. The summed E-state index contributed by atoms with van der Waals surface area (Å²) in [6.45, 7) is 2.12. The molecule has 0 spiro atoms. The molecule has 1 aliphatic rings. The molecule has 7 heteroatoms. The summed E-state index contributed by atoms with van der Waals surface area (Å²) in [6.07, 6.45) is 0.615. The van der Waals surface area contributed by atoms with Crippen molar-refractivity contribution in [3.8, 4) is 5.75 Å². The second-order valence-corrected chi connectivity index (χ2v) is 6.42. The van der Waals surface area contributed by atoms with Gasteiger partial charge in [0, 0.05) is 0 Å². The number of carbonyl (C=O) groups is 1. The van der Waals surface area contributed by atoms with Gasteiger partial charge in [0.25, 0.3) is 0 Å². The van der Waals surface area contributed by atoms with Gasteiger partial charge < -0.3 is 9.47 Å². The molecule has 0 unspecified atom stereocenters. The van der Waals surface area contributed by atoms with Gasteiger partial charge in [-0.3, -0.25) is 9.10 Å². The van der Waals surface area contributed by atoms with Gasteiger partial charge >= 0.3 is 5.97 Å². The van der Waals surface area contributed by atoms with Crippen LogP contribution in [0.15, 0.2) is 24.3 Å². The van der Waals surface area contributed by atoms with E-state index in [-0.39, 0.29) is 19.6 Å². The maximum atomic E-state index is 11.9. The molecule has 0 saturated carbocycles. The van der Waals surface area contributed by atoms with Crippen molar-refractivity contribution in [2.75, 3.05) is 23.7 Å². The molecule has 1 aromatic rings. The van der Waals surface area contributed by atoms with E-state index in [1.54, 1.807) is 31.2 Å². The summed E-state index contributed by atoms with van der Waals surface area (Å²) >= 11 is 0. The molecule has 0 aromatic heterocycles. The number of anilines is 1. The van der Waals surface area contributed by atoms with Crippen LogP contribution in [0, 0.1) is 0 Å². The number of hydrogen-bond acceptors (Lipinski definition) is 5. The minimum atomic E-state index is -3.42. The zero-order chi connectivity index (χ0) is 14.8. The highest BCUT2D eigenvalue weighted by atomic mass is 32.2. The van der Waals surface area contributed by atoms with Crippen LogP contribution in [0.1, 0.15) is 13.3 Å². The molecule has 1 aliphatic heterocycles. The van der Waals surface area contributed by atoms with Gasteiger partial charge in [0.05, 0.1) is 31.5 Å². The highest BCUT2D eigenvalue weighted by Gasteiger charge is 2.32. The third kappa shape index (κ3) is 3.22. The van der Waals surface area contributed by atoms with Crippen molar-refractivity contribution in [2.45, 2.75) is 19.4 Å². The maximum Gasteiger partial charge on any atom is 0.309 e. The van der Waals surface area contributed by atoms with E-state index in [4.69, 9.17) is 9.47 Å². The molecule has 110 valence electrons. The van der Waals surface area contributed by atoms with E-state index in [0.29, 0.717) is 11.4 Å². The number of para-hydroxylation sites is 2. The molecule has 20 heavy (non-hydrogen) atoms. The van der Waals surface area contributed by atoms with E-state index >= 15 is 0 Å². The lowest BCUT2D eigenvalue weighted by atomic mass is 10.2. The minimum absolute atomic E-state index is 0.0220. The predicted molar refractivity (Wildman–Crippen MR) is 74.3 cm³/mol. The van der Waals surface area contributed by atoms with Crippen molar-refractivity contribution in [1.82, 2.24) is 0 Å². The summed E-state index contributed by atoms with van der Waals surface area (Å²) in [6, 6.07) is 6.86. The molecule has 1 atom stereocenters. The Morgan fingerprint density at radius 2 is 2.15 bits per heavy atom. The Morgan fingerprint density at radius 1 is 1.45 bits per heavy atom. The number of carbonyl (C=O) groups excluding carboxylic acids is 1. The Kier molecular flexibility index (Phi) is 4.17. The van der Waals surface area contributed by atoms with E-state index < -0.39 is 22.1 Å². The summed E-state index contributed by atoms with van der Waals surface area (Å²) in [5.74, 6) is 0.0591. The first-order valence-corrected chi connectivity index (χ1v) is 8.15. The van der Waals surface area contributed by atoms with Crippen LogP contribution in [0.5, 0.6) is 5.75 Å². The van der Waals surface area contributed by atoms with Crippen molar-refractivity contribution in [2.24, 2.45) is 0 Å². The Labute approximate surface area is 118 Å². The minimum Gasteiger partial charge on any atom is -0.486 e. The molecule has 0 radical (unpaired) electrons. The Morgan fingerprint density at radius 3 is 2.80 bits per heavy atom. The van der Waals surface area contributed by atoms with E-state index in [2.05, 4.69) is 0 Å². The number of esters is 1. The van der Waals surface area contributed by atoms with Crippen LogP contribution in [0.25, 0.3) is 0 Å². The molecule has 2 rings (SSSR count). The molecule has 1 aromatic carbocycles. The SMILES string of the molecule is CCOC(=O)C[C@@H]1CN(S(C)(=O)=O)c2ccccc2O1. The fraction of sp³-hybridized carbons (Fsp3) is 0.462. The molecule has 0 aliphatic carbocycles. The molecule has 0 N–H and O–H groups in total. The first-order valence-electron chi connectivity index (χ1n) is 6.31. The predicted octanol–water partition coefficient (Wildman–Crippen LogP) is 1.17. The van der Waals surface area contributed by atoms with Gasteiger partial charge in [-0.2, -0.15) is 0 Å². The van der Waals surface area contributed by atoms with Crippen LogP contribution < -0.4 is 9.04 Å². The van der Waals surface area contributed by atoms with Crippen molar-refractivity contribution in [1.29, 1.82) is 0 Å². The second kappa shape index (κ2) is 5.70. The zero-order valence-electron chi connectivity index (χ0n) is 11.4. The lowest BCUT2D eigenvalue weighted by Crippen LogP contribution is -2.44. The molecule has 6 nitrogen and oxygen atoms in total. The molecular weight excluding hydrogens is 282 g/mol. The van der Waals surface area contributed by atoms with Gasteiger partial charge in [0.1, 0.15) is 11.9 Å². The summed E-state index contributed by atoms with van der Waals surface area (Å²) < 4.78 is 35.5. The van der Waals surface area contributed by atoms with E-state index in [9.17, 15) is 13.2 Å². The number of fused-ring (bicyclic) bond motifs is 1. The van der Waals surface area contributed by atoms with Crippen molar-refractivity contribution in [3.63, 3.8) is 0 Å². The monoisotopic (exact) mass is 299 g/mol. The third-order valence-corrected chi connectivity index (χ3v) is 4.04. The van der Waals surface area contributed by atoms with Crippen LogP contribution in [0.3, 0.4) is 0 Å². The summed E-state index contributed by atoms with van der Waals surface area (Å²) in [4.78, 5) is 11.5. The van der Waals surface area contributed by atoms with Crippen molar-refractivity contribution >= 4 is 21.7 Å². The normalized spacial score (nSPS) is 18.1. The van der Waals surface area contributed by atoms with Crippen LogP contribution >= 0.6 is 0 Å². The highest BCUT2D eigenvalue weighted by molar-refractivity contribution is 7.92. The van der Waals surface area contributed by atoms with E-state index in [1.807, 2.05) is 0 Å². The van der Waals surface area contributed by atoms with Crippen LogP contribution in [-0.4, -0.2) is 39.9 Å². The first-order chi connectivity index (χ1) is 9.41. The average Bonchev–Trinajstić information content (AvgIpc) is 2.37. The highest BCUT2D eigenvalue weighted by Crippen LogP contribution is 2.35. The Bertz CT molecular complexity index is 599. The second-order valence-electron chi connectivity index (χ2n) is 4.51. The van der Waals surface area contributed by atoms with Gasteiger partial charge in [0.2, 0.25) is 10.0 Å². The lowest BCUT2D eigenvalue weighted by Gasteiger charge is -2.34. The number of benzene rings is 1. The van der Waals surface area contributed by atoms with Gasteiger partial charge in [0.15, 0.2) is 0 Å². The third-order valence-electron chi connectivity index (χ3n) is 2.90. The topological polar surface area (TPSA) is 72.9 Å². The number of rotatable bonds is 4. The maximum absolute atomic E-state index is 11.9.